The Hall–Kier alpha value is -3.08. The molecule has 0 unspecified atom stereocenters. The molecule has 3 aromatic rings. The summed E-state index contributed by atoms with van der Waals surface area (Å²) in [5.74, 6) is -1.03. The standard InChI is InChI=1S/C28H34N2O6S2/c1-19(2)38(34,35)18-24(31)26-20(3)37-25(29-26)17-30(16-8-11-21-9-6-5-7-10-21)28(33)27(32)22-12-14-23(36-4)15-13-22/h5-7,9-10,12-15,19,27,32H,8,11,16-18H2,1-4H3/t27-/m1/s1. The highest BCUT2D eigenvalue weighted by Gasteiger charge is 2.28. The van der Waals surface area contributed by atoms with E-state index in [-0.39, 0.29) is 12.2 Å². The summed E-state index contributed by atoms with van der Waals surface area (Å²) in [4.78, 5) is 32.7. The van der Waals surface area contributed by atoms with E-state index in [0.29, 0.717) is 34.2 Å². The van der Waals surface area contributed by atoms with Crippen LogP contribution in [0.2, 0.25) is 0 Å². The number of nitrogens with zero attached hydrogens (tertiary/aromatic N) is 2. The Bertz CT molecular complexity index is 1340. The number of ether oxygens (including phenoxy) is 1. The topological polar surface area (TPSA) is 114 Å². The molecule has 0 fully saturated rings. The lowest BCUT2D eigenvalue weighted by molar-refractivity contribution is -0.141. The van der Waals surface area contributed by atoms with E-state index in [9.17, 15) is 23.1 Å². The minimum absolute atomic E-state index is 0.0938. The Balaban J connectivity index is 1.80. The first kappa shape index (κ1) is 29.5. The van der Waals surface area contributed by atoms with Gasteiger partial charge in [0.05, 0.1) is 18.9 Å². The molecule has 8 nitrogen and oxygen atoms in total. The maximum atomic E-state index is 13.4. The minimum Gasteiger partial charge on any atom is -0.497 e. The summed E-state index contributed by atoms with van der Waals surface area (Å²) < 4.78 is 29.7. The van der Waals surface area contributed by atoms with E-state index >= 15 is 0 Å². The van der Waals surface area contributed by atoms with E-state index < -0.39 is 38.6 Å². The van der Waals surface area contributed by atoms with Crippen molar-refractivity contribution < 1.29 is 27.9 Å². The lowest BCUT2D eigenvalue weighted by atomic mass is 10.1. The first-order valence-corrected chi connectivity index (χ1v) is 14.9. The molecule has 0 aliphatic heterocycles. The van der Waals surface area contributed by atoms with Crippen LogP contribution in [-0.4, -0.2) is 59.8 Å². The van der Waals surface area contributed by atoms with Gasteiger partial charge in [-0.25, -0.2) is 13.4 Å². The largest absolute Gasteiger partial charge is 0.497 e. The summed E-state index contributed by atoms with van der Waals surface area (Å²) >= 11 is 1.25. The second-order valence-electron chi connectivity index (χ2n) is 9.32. The summed E-state index contributed by atoms with van der Waals surface area (Å²) in [7, 11) is -2.03. The average molecular weight is 559 g/mol. The van der Waals surface area contributed by atoms with Crippen LogP contribution in [0.15, 0.2) is 54.6 Å². The van der Waals surface area contributed by atoms with Crippen LogP contribution in [0.5, 0.6) is 5.75 Å². The Morgan fingerprint density at radius 2 is 1.74 bits per heavy atom. The molecule has 38 heavy (non-hydrogen) atoms. The van der Waals surface area contributed by atoms with Crippen LogP contribution in [0.25, 0.3) is 0 Å². The number of aliphatic hydroxyl groups excluding tert-OH is 1. The van der Waals surface area contributed by atoms with Crippen molar-refractivity contribution in [2.45, 2.75) is 51.5 Å². The number of carbonyl (C=O) groups excluding carboxylic acids is 2. The third kappa shape index (κ3) is 7.72. The molecule has 0 saturated carbocycles. The van der Waals surface area contributed by atoms with Crippen LogP contribution in [0, 0.1) is 6.92 Å². The van der Waals surface area contributed by atoms with Crippen molar-refractivity contribution in [2.75, 3.05) is 19.4 Å². The average Bonchev–Trinajstić information content (AvgIpc) is 3.27. The normalized spacial score (nSPS) is 12.4. The number of hydrogen-bond donors (Lipinski definition) is 1. The molecule has 0 spiro atoms. The molecule has 2 aromatic carbocycles. The van der Waals surface area contributed by atoms with Crippen LogP contribution in [0.1, 0.15) is 57.9 Å². The first-order chi connectivity index (χ1) is 18.0. The zero-order chi connectivity index (χ0) is 27.9. The highest BCUT2D eigenvalue weighted by atomic mass is 32.2. The Labute approximate surface area is 228 Å². The number of benzene rings is 2. The number of aliphatic hydroxyl groups is 1. The number of methoxy groups -OCH3 is 1. The van der Waals surface area contributed by atoms with Gasteiger partial charge in [-0.1, -0.05) is 42.5 Å². The third-order valence-corrected chi connectivity index (χ3v) is 9.25. The molecular weight excluding hydrogens is 524 g/mol. The molecule has 1 atom stereocenters. The third-order valence-electron chi connectivity index (χ3n) is 6.20. The minimum atomic E-state index is -3.57. The van der Waals surface area contributed by atoms with Gasteiger partial charge in [-0.05, 0) is 56.9 Å². The number of amides is 1. The van der Waals surface area contributed by atoms with E-state index in [1.54, 1.807) is 38.3 Å². The van der Waals surface area contributed by atoms with E-state index in [1.165, 1.54) is 30.1 Å². The fourth-order valence-corrected chi connectivity index (χ4v) is 5.65. The summed E-state index contributed by atoms with van der Waals surface area (Å²) in [5, 5.41) is 10.7. The molecule has 0 radical (unpaired) electrons. The predicted octanol–water partition coefficient (Wildman–Crippen LogP) is 4.16. The molecule has 1 amide bonds. The Morgan fingerprint density at radius 1 is 1.08 bits per heavy atom. The lowest BCUT2D eigenvalue weighted by Crippen LogP contribution is -2.35. The van der Waals surface area contributed by atoms with Crippen LogP contribution >= 0.6 is 11.3 Å². The fourth-order valence-electron chi connectivity index (χ4n) is 3.85. The van der Waals surface area contributed by atoms with E-state index in [2.05, 4.69) is 4.98 Å². The zero-order valence-corrected chi connectivity index (χ0v) is 23.7. The predicted molar refractivity (Wildman–Crippen MR) is 148 cm³/mol. The molecule has 3 rings (SSSR count). The molecule has 0 bridgehead atoms. The van der Waals surface area contributed by atoms with Crippen molar-refractivity contribution in [3.63, 3.8) is 0 Å². The van der Waals surface area contributed by atoms with Crippen molar-refractivity contribution in [1.82, 2.24) is 9.88 Å². The van der Waals surface area contributed by atoms with Gasteiger partial charge in [0.15, 0.2) is 21.7 Å². The molecule has 0 aliphatic carbocycles. The van der Waals surface area contributed by atoms with Crippen molar-refractivity contribution >= 4 is 32.9 Å². The Kier molecular flexibility index (Phi) is 10.2. The number of ketones is 1. The number of sulfone groups is 1. The highest BCUT2D eigenvalue weighted by Crippen LogP contribution is 2.24. The molecule has 204 valence electrons. The number of thiazole rings is 1. The molecule has 10 heteroatoms. The molecule has 1 N–H and O–H groups in total. The fraction of sp³-hybridized carbons (Fsp3) is 0.393. The van der Waals surface area contributed by atoms with Gasteiger partial charge < -0.3 is 14.7 Å². The zero-order valence-electron chi connectivity index (χ0n) is 22.1. The summed E-state index contributed by atoms with van der Waals surface area (Å²) in [6.07, 6.45) is 0.0288. The summed E-state index contributed by atoms with van der Waals surface area (Å²) in [6.45, 7) is 5.25. The van der Waals surface area contributed by atoms with E-state index in [1.807, 2.05) is 30.3 Å². The highest BCUT2D eigenvalue weighted by molar-refractivity contribution is 7.92. The first-order valence-electron chi connectivity index (χ1n) is 12.4. The quantitative estimate of drug-likeness (QED) is 0.313. The van der Waals surface area contributed by atoms with Gasteiger partial charge in [0.1, 0.15) is 22.2 Å². The van der Waals surface area contributed by atoms with E-state index in [0.717, 1.165) is 12.0 Å². The number of carbonyl (C=O) groups is 2. The summed E-state index contributed by atoms with van der Waals surface area (Å²) in [6, 6.07) is 16.5. The van der Waals surface area contributed by atoms with Crippen molar-refractivity contribution in [3.05, 3.63) is 81.3 Å². The molecule has 1 aromatic heterocycles. The number of aromatic nitrogens is 1. The molecule has 0 saturated heterocycles. The monoisotopic (exact) mass is 558 g/mol. The van der Waals surface area contributed by atoms with Gasteiger partial charge in [0, 0.05) is 11.4 Å². The number of hydrogen-bond acceptors (Lipinski definition) is 8. The van der Waals surface area contributed by atoms with Crippen LogP contribution in [-0.2, 0) is 27.6 Å². The van der Waals surface area contributed by atoms with Crippen LogP contribution < -0.4 is 4.74 Å². The SMILES string of the molecule is COc1ccc([C@@H](O)C(=O)N(CCCc2ccccc2)Cc2nc(C(=O)CS(=O)(=O)C(C)C)c(C)s2)cc1. The maximum absolute atomic E-state index is 13.4. The number of Topliss-reactive ketones (excluding diaryl/α,β-unsaturated/α-hetero) is 1. The second-order valence-corrected chi connectivity index (χ2v) is 13.2. The van der Waals surface area contributed by atoms with Gasteiger partial charge >= 0.3 is 0 Å². The number of rotatable bonds is 13. The van der Waals surface area contributed by atoms with Crippen molar-refractivity contribution in [1.29, 1.82) is 0 Å². The van der Waals surface area contributed by atoms with Crippen LogP contribution in [0.3, 0.4) is 0 Å². The molecule has 1 heterocycles. The van der Waals surface area contributed by atoms with E-state index in [4.69, 9.17) is 4.74 Å². The summed E-state index contributed by atoms with van der Waals surface area (Å²) in [5.41, 5.74) is 1.69. The number of aryl methyl sites for hydroxylation is 2. The van der Waals surface area contributed by atoms with Gasteiger partial charge in [0.25, 0.3) is 5.91 Å². The second kappa shape index (κ2) is 13.1. The maximum Gasteiger partial charge on any atom is 0.256 e. The van der Waals surface area contributed by atoms with Crippen molar-refractivity contribution in [2.24, 2.45) is 0 Å². The van der Waals surface area contributed by atoms with Crippen LogP contribution in [0.4, 0.5) is 0 Å². The van der Waals surface area contributed by atoms with Gasteiger partial charge in [-0.3, -0.25) is 9.59 Å². The van der Waals surface area contributed by atoms with Gasteiger partial charge in [0.2, 0.25) is 0 Å². The van der Waals surface area contributed by atoms with Gasteiger partial charge in [-0.15, -0.1) is 11.3 Å². The Morgan fingerprint density at radius 3 is 2.34 bits per heavy atom. The van der Waals surface area contributed by atoms with Crippen molar-refractivity contribution in [3.8, 4) is 5.75 Å². The lowest BCUT2D eigenvalue weighted by Gasteiger charge is -2.25. The molecular formula is C28H34N2O6S2. The van der Waals surface area contributed by atoms with Gasteiger partial charge in [-0.2, -0.15) is 0 Å². The molecule has 0 aliphatic rings. The smallest absolute Gasteiger partial charge is 0.256 e.